The Balaban J connectivity index is 2.32. The number of rotatable bonds is 1. The van der Waals surface area contributed by atoms with Gasteiger partial charge in [-0.05, 0) is 16.9 Å². The number of hydrogen-bond acceptors (Lipinski definition) is 3. The summed E-state index contributed by atoms with van der Waals surface area (Å²) in [7, 11) is 1.98. The molecule has 0 aromatic carbocycles. The Morgan fingerprint density at radius 1 is 1.44 bits per heavy atom. The lowest BCUT2D eigenvalue weighted by molar-refractivity contribution is 0.942. The highest BCUT2D eigenvalue weighted by Gasteiger charge is 2.09. The molecule has 0 saturated carbocycles. The van der Waals surface area contributed by atoms with E-state index in [0.717, 1.165) is 21.7 Å². The smallest absolute Gasteiger partial charge is 0.151 e. The zero-order chi connectivity index (χ0) is 11.1. The molecule has 6 heteroatoms. The fourth-order valence-corrected chi connectivity index (χ4v) is 2.50. The van der Waals surface area contributed by atoms with Crippen molar-refractivity contribution < 1.29 is 0 Å². The van der Waals surface area contributed by atoms with E-state index in [0.29, 0.717) is 5.15 Å². The first kappa shape index (κ1) is 9.87. The summed E-state index contributed by atoms with van der Waals surface area (Å²) in [4.78, 5) is 5.68. The van der Waals surface area contributed by atoms with Crippen molar-refractivity contribution in [3.8, 4) is 10.6 Å². The average molecular weight is 248 g/mol. The van der Waals surface area contributed by atoms with Gasteiger partial charge in [-0.15, -0.1) is 11.3 Å². The zero-order valence-electron chi connectivity index (χ0n) is 8.51. The van der Waals surface area contributed by atoms with Gasteiger partial charge in [-0.1, -0.05) is 17.7 Å². The Morgan fingerprint density at radius 3 is 3.06 bits per heavy atom. The van der Waals surface area contributed by atoms with Crippen LogP contribution in [0, 0.1) is 0 Å². The third-order valence-electron chi connectivity index (χ3n) is 2.38. The third kappa shape index (κ3) is 1.44. The maximum Gasteiger partial charge on any atom is 0.151 e. The van der Waals surface area contributed by atoms with Crippen molar-refractivity contribution in [2.75, 3.05) is 0 Å². The molecule has 0 aliphatic rings. The first-order valence-electron chi connectivity index (χ1n) is 4.80. The molecule has 78 valence electrons. The Hall–Kier alpha value is -1.33. The van der Waals surface area contributed by atoms with E-state index >= 15 is 0 Å². The third-order valence-corrected chi connectivity index (χ3v) is 3.54. The van der Waals surface area contributed by atoms with Crippen molar-refractivity contribution in [1.82, 2.24) is 14.6 Å². The van der Waals surface area contributed by atoms with E-state index < -0.39 is 0 Å². The number of nitrogens with zero attached hydrogens (tertiary/aromatic N) is 3. The molecule has 0 aliphatic carbocycles. The fourth-order valence-electron chi connectivity index (χ4n) is 1.59. The Morgan fingerprint density at radius 2 is 2.31 bits per heavy atom. The molecule has 0 saturated heterocycles. The molecule has 0 unspecified atom stereocenters. The summed E-state index contributed by atoms with van der Waals surface area (Å²) in [6.07, 6.45) is 1.77. The summed E-state index contributed by atoms with van der Waals surface area (Å²) >= 11 is 7.81. The fraction of sp³-hybridized carbons (Fsp3) is 0. The van der Waals surface area contributed by atoms with Crippen LogP contribution in [0.2, 0.25) is 5.15 Å². The molecule has 16 heavy (non-hydrogen) atoms. The van der Waals surface area contributed by atoms with Gasteiger partial charge in [-0.25, -0.2) is 9.50 Å². The van der Waals surface area contributed by atoms with Gasteiger partial charge in [-0.3, -0.25) is 0 Å². The van der Waals surface area contributed by atoms with Gasteiger partial charge < -0.3 is 0 Å². The molecule has 0 radical (unpaired) electrons. The molecule has 0 atom stereocenters. The van der Waals surface area contributed by atoms with E-state index in [2.05, 4.69) is 10.1 Å². The van der Waals surface area contributed by atoms with Crippen LogP contribution in [0.3, 0.4) is 0 Å². The van der Waals surface area contributed by atoms with Gasteiger partial charge in [0.2, 0.25) is 0 Å². The molecular formula is C10H7BClN3S. The van der Waals surface area contributed by atoms with Crippen LogP contribution < -0.4 is 5.46 Å². The highest BCUT2D eigenvalue weighted by atomic mass is 35.5. The second kappa shape index (κ2) is 3.61. The molecule has 0 aliphatic heterocycles. The minimum Gasteiger partial charge on any atom is -0.228 e. The standard InChI is InChI=1S/C10H7BClN3S/c11-6-5-13-15-9(12)4-7(14-10(6)15)8-2-1-3-16-8/h1-5H,11H2. The van der Waals surface area contributed by atoms with E-state index in [1.165, 1.54) is 0 Å². The van der Waals surface area contributed by atoms with E-state index in [1.54, 1.807) is 22.0 Å². The van der Waals surface area contributed by atoms with Crippen LogP contribution in [-0.2, 0) is 0 Å². The van der Waals surface area contributed by atoms with E-state index in [1.807, 2.05) is 31.4 Å². The number of fused-ring (bicyclic) bond motifs is 1. The molecule has 3 aromatic rings. The molecule has 3 rings (SSSR count). The zero-order valence-corrected chi connectivity index (χ0v) is 10.1. The molecule has 0 spiro atoms. The highest BCUT2D eigenvalue weighted by molar-refractivity contribution is 7.13. The van der Waals surface area contributed by atoms with Gasteiger partial charge in [0.15, 0.2) is 5.65 Å². The lowest BCUT2D eigenvalue weighted by Gasteiger charge is -2.01. The van der Waals surface area contributed by atoms with Crippen LogP contribution in [-0.4, -0.2) is 22.4 Å². The van der Waals surface area contributed by atoms with Gasteiger partial charge in [0.05, 0.1) is 10.6 Å². The van der Waals surface area contributed by atoms with Gasteiger partial charge in [-0.2, -0.15) is 5.10 Å². The number of hydrogen-bond donors (Lipinski definition) is 0. The molecule has 0 fully saturated rings. The van der Waals surface area contributed by atoms with Crippen molar-refractivity contribution in [3.63, 3.8) is 0 Å². The average Bonchev–Trinajstić information content (AvgIpc) is 2.88. The maximum atomic E-state index is 6.16. The lowest BCUT2D eigenvalue weighted by Crippen LogP contribution is -2.03. The summed E-state index contributed by atoms with van der Waals surface area (Å²) in [5.74, 6) is 0. The Bertz CT molecular complexity index is 647. The summed E-state index contributed by atoms with van der Waals surface area (Å²) in [6, 6.07) is 5.88. The predicted octanol–water partition coefficient (Wildman–Crippen LogP) is 1.37. The monoisotopic (exact) mass is 247 g/mol. The summed E-state index contributed by atoms with van der Waals surface area (Å²) in [5.41, 5.74) is 2.74. The minimum absolute atomic E-state index is 0.585. The number of halogens is 1. The molecule has 3 nitrogen and oxygen atoms in total. The van der Waals surface area contributed by atoms with E-state index in [9.17, 15) is 0 Å². The van der Waals surface area contributed by atoms with Crippen molar-refractivity contribution in [1.29, 1.82) is 0 Å². The molecule has 3 heterocycles. The first-order chi connectivity index (χ1) is 7.75. The summed E-state index contributed by atoms with van der Waals surface area (Å²) < 4.78 is 1.65. The summed E-state index contributed by atoms with van der Waals surface area (Å²) in [5, 5.41) is 6.78. The van der Waals surface area contributed by atoms with Gasteiger partial charge in [0.25, 0.3) is 0 Å². The van der Waals surface area contributed by atoms with Crippen molar-refractivity contribution in [2.24, 2.45) is 0 Å². The predicted molar refractivity (Wildman–Crippen MR) is 69.5 cm³/mol. The second-order valence-electron chi connectivity index (χ2n) is 3.50. The van der Waals surface area contributed by atoms with Crippen LogP contribution in [0.25, 0.3) is 16.2 Å². The maximum absolute atomic E-state index is 6.16. The molecule has 0 amide bonds. The number of thiophene rings is 1. The van der Waals surface area contributed by atoms with Crippen LogP contribution in [0.1, 0.15) is 0 Å². The normalized spacial score (nSPS) is 11.1. The first-order valence-corrected chi connectivity index (χ1v) is 6.06. The topological polar surface area (TPSA) is 30.2 Å². The number of aromatic nitrogens is 3. The second-order valence-corrected chi connectivity index (χ2v) is 4.84. The molecule has 3 aromatic heterocycles. The molecule has 0 N–H and O–H groups in total. The SMILES string of the molecule is Bc1cnn2c(Cl)cc(-c3cccs3)nc12. The Kier molecular flexibility index (Phi) is 2.23. The van der Waals surface area contributed by atoms with Crippen LogP contribution in [0.4, 0.5) is 0 Å². The van der Waals surface area contributed by atoms with Crippen LogP contribution in [0.5, 0.6) is 0 Å². The van der Waals surface area contributed by atoms with Crippen molar-refractivity contribution >= 4 is 41.9 Å². The van der Waals surface area contributed by atoms with Crippen molar-refractivity contribution in [2.45, 2.75) is 0 Å². The van der Waals surface area contributed by atoms with Gasteiger partial charge in [0.1, 0.15) is 13.0 Å². The van der Waals surface area contributed by atoms with Crippen LogP contribution >= 0.6 is 22.9 Å². The minimum atomic E-state index is 0.585. The van der Waals surface area contributed by atoms with E-state index in [4.69, 9.17) is 11.6 Å². The highest BCUT2D eigenvalue weighted by Crippen LogP contribution is 2.25. The molecule has 0 bridgehead atoms. The lowest BCUT2D eigenvalue weighted by atomic mass is 10.0. The van der Waals surface area contributed by atoms with E-state index in [-0.39, 0.29) is 0 Å². The van der Waals surface area contributed by atoms with Crippen molar-refractivity contribution in [3.05, 3.63) is 34.9 Å². The van der Waals surface area contributed by atoms with Crippen LogP contribution in [0.15, 0.2) is 29.8 Å². The molecular weight excluding hydrogens is 240 g/mol. The summed E-state index contributed by atoms with van der Waals surface area (Å²) in [6.45, 7) is 0. The quantitative estimate of drug-likeness (QED) is 0.480. The largest absolute Gasteiger partial charge is 0.228 e. The van der Waals surface area contributed by atoms with Gasteiger partial charge >= 0.3 is 0 Å². The van der Waals surface area contributed by atoms with Gasteiger partial charge in [0, 0.05) is 12.3 Å². The Labute approximate surface area is 102 Å².